The number of carbonyl (C=O) groups excluding carboxylic acids is 1. The van der Waals surface area contributed by atoms with E-state index in [0.717, 1.165) is 11.3 Å². The average Bonchev–Trinajstić information content (AvgIpc) is 2.89. The molecule has 1 aliphatic rings. The lowest BCUT2D eigenvalue weighted by Gasteiger charge is -2.26. The molecule has 3 rings (SSSR count). The quantitative estimate of drug-likeness (QED) is 0.866. The van der Waals surface area contributed by atoms with E-state index >= 15 is 0 Å². The van der Waals surface area contributed by atoms with Crippen molar-refractivity contribution in [2.24, 2.45) is 0 Å². The lowest BCUT2D eigenvalue weighted by Crippen LogP contribution is -2.34. The van der Waals surface area contributed by atoms with E-state index < -0.39 is 5.60 Å². The van der Waals surface area contributed by atoms with Crippen LogP contribution in [0.5, 0.6) is 0 Å². The molecule has 0 saturated carbocycles. The molecule has 0 aliphatic carbocycles. The highest BCUT2D eigenvalue weighted by molar-refractivity contribution is 5.85. The molecule has 108 valence electrons. The third-order valence-electron chi connectivity index (χ3n) is 4.01. The number of ketones is 1. The molecular weight excluding hydrogens is 264 g/mol. The highest BCUT2D eigenvalue weighted by Gasteiger charge is 2.46. The molecule has 2 aromatic rings. The number of hydrogen-bond donors (Lipinski definition) is 0. The molecule has 1 aromatic carbocycles. The largest absolute Gasteiger partial charge is 0.297 e. The van der Waals surface area contributed by atoms with Crippen LogP contribution in [0.3, 0.4) is 0 Å². The minimum absolute atomic E-state index is 0.00398. The van der Waals surface area contributed by atoms with Crippen molar-refractivity contribution in [3.05, 3.63) is 60.4 Å². The fourth-order valence-corrected chi connectivity index (χ4v) is 2.62. The number of hydroxylamine groups is 1. The van der Waals surface area contributed by atoms with Gasteiger partial charge >= 0.3 is 0 Å². The molecular formula is C17H18N2O2. The van der Waals surface area contributed by atoms with Crippen molar-refractivity contribution in [2.45, 2.75) is 31.9 Å². The van der Waals surface area contributed by atoms with Crippen LogP contribution in [0, 0.1) is 0 Å². The summed E-state index contributed by atoms with van der Waals surface area (Å²) in [5.74, 6) is 0.0417. The number of aromatic nitrogens is 1. The van der Waals surface area contributed by atoms with Gasteiger partial charge in [-0.3, -0.25) is 14.6 Å². The minimum atomic E-state index is -0.788. The summed E-state index contributed by atoms with van der Waals surface area (Å²) < 4.78 is 0. The van der Waals surface area contributed by atoms with Gasteiger partial charge in [0.15, 0.2) is 11.4 Å². The SMILES string of the molecule is CC(=O)[C@@]1(C)C[C@@H](c2ccncc2)N(c2ccccc2)O1. The molecule has 0 N–H and O–H groups in total. The molecule has 1 aromatic heterocycles. The van der Waals surface area contributed by atoms with Crippen molar-refractivity contribution in [3.8, 4) is 0 Å². The zero-order valence-corrected chi connectivity index (χ0v) is 12.2. The Bertz CT molecular complexity index is 580. The third-order valence-corrected chi connectivity index (χ3v) is 4.01. The number of carbonyl (C=O) groups is 1. The Morgan fingerprint density at radius 3 is 2.52 bits per heavy atom. The van der Waals surface area contributed by atoms with Gasteiger partial charge < -0.3 is 0 Å². The minimum Gasteiger partial charge on any atom is -0.297 e. The lowest BCUT2D eigenvalue weighted by atomic mass is 9.91. The molecule has 0 amide bonds. The Labute approximate surface area is 124 Å². The number of anilines is 1. The lowest BCUT2D eigenvalue weighted by molar-refractivity contribution is -0.136. The van der Waals surface area contributed by atoms with Gasteiger partial charge in [0.05, 0.1) is 11.7 Å². The van der Waals surface area contributed by atoms with Crippen molar-refractivity contribution in [2.75, 3.05) is 5.06 Å². The molecule has 2 atom stereocenters. The molecule has 2 heterocycles. The standard InChI is InChI=1S/C17H18N2O2/c1-13(20)17(2)12-16(14-8-10-18-11-9-14)19(21-17)15-6-4-3-5-7-15/h3-11,16H,12H2,1-2H3/t16-,17+/m0/s1. The van der Waals surface area contributed by atoms with Gasteiger partial charge in [0.2, 0.25) is 0 Å². The maximum atomic E-state index is 12.0. The van der Waals surface area contributed by atoms with E-state index in [0.29, 0.717) is 6.42 Å². The maximum Gasteiger partial charge on any atom is 0.164 e. The summed E-state index contributed by atoms with van der Waals surface area (Å²) in [6.45, 7) is 3.44. The van der Waals surface area contributed by atoms with Gasteiger partial charge in [-0.2, -0.15) is 0 Å². The molecule has 21 heavy (non-hydrogen) atoms. The summed E-state index contributed by atoms with van der Waals surface area (Å²) in [7, 11) is 0. The molecule has 1 aliphatic heterocycles. The van der Waals surface area contributed by atoms with Crippen molar-refractivity contribution >= 4 is 11.5 Å². The maximum absolute atomic E-state index is 12.0. The normalized spacial score (nSPS) is 25.0. The van der Waals surface area contributed by atoms with Crippen LogP contribution in [0.2, 0.25) is 0 Å². The highest BCUT2D eigenvalue weighted by atomic mass is 16.7. The molecule has 0 bridgehead atoms. The van der Waals surface area contributed by atoms with Crippen LogP contribution < -0.4 is 5.06 Å². The zero-order valence-electron chi connectivity index (χ0n) is 12.2. The van der Waals surface area contributed by atoms with Gasteiger partial charge in [0.25, 0.3) is 0 Å². The Kier molecular flexibility index (Phi) is 3.47. The smallest absolute Gasteiger partial charge is 0.164 e. The summed E-state index contributed by atoms with van der Waals surface area (Å²) in [6, 6.07) is 13.8. The number of hydrogen-bond acceptors (Lipinski definition) is 4. The van der Waals surface area contributed by atoms with Gasteiger partial charge in [0, 0.05) is 18.8 Å². The number of Topliss-reactive ketones (excluding diaryl/α,β-unsaturated/α-hetero) is 1. The topological polar surface area (TPSA) is 42.4 Å². The second-order valence-electron chi connectivity index (χ2n) is 5.54. The monoisotopic (exact) mass is 282 g/mol. The van der Waals surface area contributed by atoms with Crippen LogP contribution >= 0.6 is 0 Å². The first-order chi connectivity index (χ1) is 10.1. The first kappa shape index (κ1) is 13.8. The van der Waals surface area contributed by atoms with Crippen molar-refractivity contribution < 1.29 is 9.63 Å². The van der Waals surface area contributed by atoms with Crippen LogP contribution in [-0.4, -0.2) is 16.4 Å². The van der Waals surface area contributed by atoms with E-state index in [1.165, 1.54) is 0 Å². The molecule has 1 fully saturated rings. The van der Waals surface area contributed by atoms with Crippen LogP contribution in [0.1, 0.15) is 31.9 Å². The summed E-state index contributed by atoms with van der Waals surface area (Å²) in [5.41, 5.74) is 1.26. The van der Waals surface area contributed by atoms with E-state index in [1.54, 1.807) is 19.3 Å². The second kappa shape index (κ2) is 5.30. The Hall–Kier alpha value is -2.20. The van der Waals surface area contributed by atoms with Gasteiger partial charge in [0.1, 0.15) is 0 Å². The van der Waals surface area contributed by atoms with Crippen LogP contribution in [0.4, 0.5) is 5.69 Å². The van der Waals surface area contributed by atoms with E-state index in [-0.39, 0.29) is 11.8 Å². The number of nitrogens with zero attached hydrogens (tertiary/aromatic N) is 2. The Morgan fingerprint density at radius 2 is 1.90 bits per heavy atom. The highest BCUT2D eigenvalue weighted by Crippen LogP contribution is 2.43. The van der Waals surface area contributed by atoms with E-state index in [4.69, 9.17) is 4.84 Å². The fourth-order valence-electron chi connectivity index (χ4n) is 2.62. The molecule has 0 spiro atoms. The second-order valence-corrected chi connectivity index (χ2v) is 5.54. The first-order valence-electron chi connectivity index (χ1n) is 7.04. The van der Waals surface area contributed by atoms with Crippen molar-refractivity contribution in [1.29, 1.82) is 0 Å². The summed E-state index contributed by atoms with van der Waals surface area (Å²) in [4.78, 5) is 22.0. The molecule has 1 saturated heterocycles. The predicted octanol–water partition coefficient (Wildman–Crippen LogP) is 3.31. The summed E-state index contributed by atoms with van der Waals surface area (Å²) >= 11 is 0. The number of rotatable bonds is 3. The molecule has 0 radical (unpaired) electrons. The summed E-state index contributed by atoms with van der Waals surface area (Å²) in [5, 5.41) is 1.84. The van der Waals surface area contributed by atoms with Gasteiger partial charge in [-0.15, -0.1) is 0 Å². The average molecular weight is 282 g/mol. The van der Waals surface area contributed by atoms with E-state index in [2.05, 4.69) is 4.98 Å². The summed E-state index contributed by atoms with van der Waals surface area (Å²) in [6.07, 6.45) is 4.16. The molecule has 4 nitrogen and oxygen atoms in total. The number of pyridine rings is 1. The van der Waals surface area contributed by atoms with Gasteiger partial charge in [-0.05, 0) is 43.7 Å². The predicted molar refractivity (Wildman–Crippen MR) is 80.7 cm³/mol. The number of para-hydroxylation sites is 1. The first-order valence-corrected chi connectivity index (χ1v) is 7.04. The number of benzene rings is 1. The van der Waals surface area contributed by atoms with Crippen LogP contribution in [0.15, 0.2) is 54.9 Å². The Balaban J connectivity index is 2.01. The molecule has 4 heteroatoms. The van der Waals surface area contributed by atoms with Gasteiger partial charge in [-0.25, -0.2) is 5.06 Å². The third kappa shape index (κ3) is 2.54. The van der Waals surface area contributed by atoms with Gasteiger partial charge in [-0.1, -0.05) is 18.2 Å². The molecule has 0 unspecified atom stereocenters. The van der Waals surface area contributed by atoms with E-state index in [1.807, 2.05) is 54.5 Å². The van der Waals surface area contributed by atoms with Crippen molar-refractivity contribution in [1.82, 2.24) is 4.98 Å². The van der Waals surface area contributed by atoms with E-state index in [9.17, 15) is 4.79 Å². The van der Waals surface area contributed by atoms with Crippen LogP contribution in [-0.2, 0) is 9.63 Å². The Morgan fingerprint density at radius 1 is 1.24 bits per heavy atom. The van der Waals surface area contributed by atoms with Crippen LogP contribution in [0.25, 0.3) is 0 Å². The van der Waals surface area contributed by atoms with Crippen molar-refractivity contribution in [3.63, 3.8) is 0 Å². The fraction of sp³-hybridized carbons (Fsp3) is 0.294. The zero-order chi connectivity index (χ0) is 14.9.